The smallest absolute Gasteiger partial charge is 0.337 e. The number of anilines is 1. The summed E-state index contributed by atoms with van der Waals surface area (Å²) in [5.74, 6) is -0.253. The van der Waals surface area contributed by atoms with Crippen LogP contribution in [0.3, 0.4) is 0 Å². The summed E-state index contributed by atoms with van der Waals surface area (Å²) in [7, 11) is -1.05. The van der Waals surface area contributed by atoms with Crippen molar-refractivity contribution in [3.63, 3.8) is 0 Å². The molecule has 1 aromatic carbocycles. The van der Waals surface area contributed by atoms with Crippen LogP contribution in [-0.4, -0.2) is 28.6 Å². The number of hydrogen-bond donors (Lipinski definition) is 1. The zero-order chi connectivity index (χ0) is 15.5. The molecule has 0 amide bonds. The summed E-state index contributed by atoms with van der Waals surface area (Å²) in [5.41, 5.74) is 0.399. The quantitative estimate of drug-likeness (QED) is 0.853. The van der Waals surface area contributed by atoms with Crippen molar-refractivity contribution in [2.24, 2.45) is 0 Å². The lowest BCUT2D eigenvalue weighted by atomic mass is 10.2. The molecule has 1 heterocycles. The highest BCUT2D eigenvalue weighted by atomic mass is 32.2. The van der Waals surface area contributed by atoms with Crippen LogP contribution in [0.1, 0.15) is 10.4 Å². The first-order valence-electron chi connectivity index (χ1n) is 5.80. The minimum atomic E-state index is -3.72. The van der Waals surface area contributed by atoms with Crippen LogP contribution in [0, 0.1) is 0 Å². The van der Waals surface area contributed by atoms with Crippen LogP contribution < -0.4 is 9.46 Å². The molecule has 2 rings (SSSR count). The maximum Gasteiger partial charge on any atom is 0.337 e. The Morgan fingerprint density at radius 2 is 2.00 bits per heavy atom. The third-order valence-electron chi connectivity index (χ3n) is 2.62. The minimum Gasteiger partial charge on any atom is -0.495 e. The van der Waals surface area contributed by atoms with Crippen LogP contribution in [0.5, 0.6) is 5.75 Å². The zero-order valence-corrected chi connectivity index (χ0v) is 13.0. The molecule has 1 aromatic heterocycles. The van der Waals surface area contributed by atoms with Crippen LogP contribution in [0.15, 0.2) is 39.9 Å². The van der Waals surface area contributed by atoms with Crippen LogP contribution in [0.25, 0.3) is 0 Å². The number of ether oxygens (including phenoxy) is 2. The Labute approximate surface area is 126 Å². The van der Waals surface area contributed by atoms with E-state index in [1.54, 1.807) is 11.4 Å². The summed E-state index contributed by atoms with van der Waals surface area (Å²) in [4.78, 5) is 11.5. The van der Waals surface area contributed by atoms with E-state index in [-0.39, 0.29) is 15.5 Å². The number of benzene rings is 1. The van der Waals surface area contributed by atoms with Crippen molar-refractivity contribution in [1.29, 1.82) is 0 Å². The van der Waals surface area contributed by atoms with Crippen molar-refractivity contribution in [1.82, 2.24) is 0 Å². The number of rotatable bonds is 5. The van der Waals surface area contributed by atoms with Gasteiger partial charge in [-0.2, -0.15) is 0 Å². The van der Waals surface area contributed by atoms with Crippen LogP contribution in [-0.2, 0) is 14.8 Å². The summed E-state index contributed by atoms with van der Waals surface area (Å²) in [6.07, 6.45) is 0. The first-order chi connectivity index (χ1) is 9.97. The van der Waals surface area contributed by atoms with E-state index < -0.39 is 16.0 Å². The molecule has 0 aliphatic heterocycles. The molecule has 0 atom stereocenters. The number of nitrogens with one attached hydrogen (secondary N) is 1. The average Bonchev–Trinajstić information content (AvgIpc) is 3.01. The van der Waals surface area contributed by atoms with Gasteiger partial charge in [0.15, 0.2) is 0 Å². The lowest BCUT2D eigenvalue weighted by Crippen LogP contribution is -2.13. The molecule has 0 unspecified atom stereocenters. The molecular weight excluding hydrogens is 314 g/mol. The first kappa shape index (κ1) is 15.3. The van der Waals surface area contributed by atoms with Gasteiger partial charge in [0.05, 0.1) is 25.5 Å². The van der Waals surface area contributed by atoms with E-state index >= 15 is 0 Å². The lowest BCUT2D eigenvalue weighted by molar-refractivity contribution is 0.0600. The number of esters is 1. The zero-order valence-electron chi connectivity index (χ0n) is 11.3. The molecule has 0 spiro atoms. The topological polar surface area (TPSA) is 81.7 Å². The summed E-state index contributed by atoms with van der Waals surface area (Å²) in [6.45, 7) is 0. The molecule has 0 bridgehead atoms. The molecule has 21 heavy (non-hydrogen) atoms. The van der Waals surface area contributed by atoms with Crippen molar-refractivity contribution >= 4 is 33.0 Å². The maximum absolute atomic E-state index is 12.2. The van der Waals surface area contributed by atoms with Crippen molar-refractivity contribution in [3.8, 4) is 5.75 Å². The Hall–Kier alpha value is -2.06. The van der Waals surface area contributed by atoms with Gasteiger partial charge in [-0.05, 0) is 29.6 Å². The largest absolute Gasteiger partial charge is 0.495 e. The van der Waals surface area contributed by atoms with Gasteiger partial charge < -0.3 is 9.47 Å². The fourth-order valence-electron chi connectivity index (χ4n) is 1.64. The van der Waals surface area contributed by atoms with Gasteiger partial charge in [0.2, 0.25) is 0 Å². The molecule has 0 fully saturated rings. The molecule has 8 heteroatoms. The molecular formula is C13H13NO5S2. The third-order valence-corrected chi connectivity index (χ3v) is 5.39. The average molecular weight is 327 g/mol. The highest BCUT2D eigenvalue weighted by Gasteiger charge is 2.19. The Kier molecular flexibility index (Phi) is 4.49. The molecule has 0 aliphatic carbocycles. The van der Waals surface area contributed by atoms with Crippen LogP contribution >= 0.6 is 11.3 Å². The van der Waals surface area contributed by atoms with Gasteiger partial charge in [0, 0.05) is 0 Å². The molecule has 0 aliphatic rings. The molecule has 0 saturated heterocycles. The van der Waals surface area contributed by atoms with E-state index in [4.69, 9.17) is 4.74 Å². The number of methoxy groups -OCH3 is 2. The van der Waals surface area contributed by atoms with Gasteiger partial charge >= 0.3 is 5.97 Å². The van der Waals surface area contributed by atoms with Crippen molar-refractivity contribution in [3.05, 3.63) is 41.3 Å². The number of hydrogen-bond acceptors (Lipinski definition) is 6. The Bertz CT molecular complexity index is 738. The van der Waals surface area contributed by atoms with Crippen molar-refractivity contribution < 1.29 is 22.7 Å². The highest BCUT2D eigenvalue weighted by Crippen LogP contribution is 2.29. The summed E-state index contributed by atoms with van der Waals surface area (Å²) < 4.78 is 36.7. The normalized spacial score (nSPS) is 11.0. The Balaban J connectivity index is 2.40. The SMILES string of the molecule is COC(=O)c1ccc(OC)c(NS(=O)(=O)c2cccs2)c1. The second kappa shape index (κ2) is 6.15. The van der Waals surface area contributed by atoms with Gasteiger partial charge in [0.1, 0.15) is 9.96 Å². The molecule has 1 N–H and O–H groups in total. The minimum absolute atomic E-state index is 0.174. The fourth-order valence-corrected chi connectivity index (χ4v) is 3.70. The number of carbonyl (C=O) groups excluding carboxylic acids is 1. The second-order valence-electron chi connectivity index (χ2n) is 3.94. The molecule has 112 valence electrons. The standard InChI is InChI=1S/C13H13NO5S2/c1-18-11-6-5-9(13(15)19-2)8-10(11)14-21(16,17)12-4-3-7-20-12/h3-8,14H,1-2H3. The van der Waals surface area contributed by atoms with E-state index in [2.05, 4.69) is 9.46 Å². The molecule has 2 aromatic rings. The molecule has 0 radical (unpaired) electrons. The second-order valence-corrected chi connectivity index (χ2v) is 6.80. The number of sulfonamides is 1. The van der Waals surface area contributed by atoms with E-state index in [1.807, 2.05) is 0 Å². The van der Waals surface area contributed by atoms with E-state index in [1.165, 1.54) is 38.5 Å². The predicted octanol–water partition coefficient (Wildman–Crippen LogP) is 2.34. The van der Waals surface area contributed by atoms with Crippen molar-refractivity contribution in [2.75, 3.05) is 18.9 Å². The highest BCUT2D eigenvalue weighted by molar-refractivity contribution is 7.94. The number of thiophene rings is 1. The summed E-state index contributed by atoms with van der Waals surface area (Å²) in [5, 5.41) is 1.66. The van der Waals surface area contributed by atoms with Gasteiger partial charge in [-0.25, -0.2) is 13.2 Å². The van der Waals surface area contributed by atoms with E-state index in [0.717, 1.165) is 11.3 Å². The van der Waals surface area contributed by atoms with Gasteiger partial charge in [-0.3, -0.25) is 4.72 Å². The Morgan fingerprint density at radius 3 is 2.57 bits per heavy atom. The van der Waals surface area contributed by atoms with Crippen molar-refractivity contribution in [2.45, 2.75) is 4.21 Å². The summed E-state index contributed by atoms with van der Waals surface area (Å²) in [6, 6.07) is 7.49. The molecule has 0 saturated carbocycles. The van der Waals surface area contributed by atoms with Gasteiger partial charge in [-0.1, -0.05) is 6.07 Å². The summed E-state index contributed by atoms with van der Waals surface area (Å²) >= 11 is 1.09. The van der Waals surface area contributed by atoms with Gasteiger partial charge in [-0.15, -0.1) is 11.3 Å². The lowest BCUT2D eigenvalue weighted by Gasteiger charge is -2.12. The Morgan fingerprint density at radius 1 is 1.24 bits per heavy atom. The van der Waals surface area contributed by atoms with Crippen LogP contribution in [0.2, 0.25) is 0 Å². The van der Waals surface area contributed by atoms with Crippen LogP contribution in [0.4, 0.5) is 5.69 Å². The third kappa shape index (κ3) is 3.34. The molecule has 6 nitrogen and oxygen atoms in total. The maximum atomic E-state index is 12.2. The first-order valence-corrected chi connectivity index (χ1v) is 8.17. The number of carbonyl (C=O) groups is 1. The van der Waals surface area contributed by atoms with E-state index in [0.29, 0.717) is 5.75 Å². The van der Waals surface area contributed by atoms with E-state index in [9.17, 15) is 13.2 Å². The predicted molar refractivity (Wildman–Crippen MR) is 79.5 cm³/mol. The fraction of sp³-hybridized carbons (Fsp3) is 0.154. The monoisotopic (exact) mass is 327 g/mol. The van der Waals surface area contributed by atoms with Gasteiger partial charge in [0.25, 0.3) is 10.0 Å².